The van der Waals surface area contributed by atoms with E-state index in [1.54, 1.807) is 13.2 Å². The summed E-state index contributed by atoms with van der Waals surface area (Å²) in [5.41, 5.74) is 1.00. The predicted octanol–water partition coefficient (Wildman–Crippen LogP) is 1.53. The molecule has 4 heteroatoms. The Morgan fingerprint density at radius 1 is 1.50 bits per heavy atom. The molecule has 0 fully saturated rings. The van der Waals surface area contributed by atoms with Crippen LogP contribution in [0.4, 0.5) is 0 Å². The molecule has 0 atom stereocenters. The third-order valence-electron chi connectivity index (χ3n) is 1.74. The second kappa shape index (κ2) is 2.97. The first kappa shape index (κ1) is 7.34. The second-order valence-corrected chi connectivity index (χ2v) is 2.76. The first-order valence-electron chi connectivity index (χ1n) is 3.97. The number of allylic oxidation sites excluding steroid dienone is 1. The summed E-state index contributed by atoms with van der Waals surface area (Å²) < 4.78 is 10.2. The fraction of sp³-hybridized carbons (Fsp3) is 0.500. The van der Waals surface area contributed by atoms with Gasteiger partial charge in [-0.3, -0.25) is 0 Å². The molecular formula is C8H10N2O2. The Hall–Kier alpha value is -1.32. The zero-order valence-electron chi connectivity index (χ0n) is 6.91. The van der Waals surface area contributed by atoms with Crippen molar-refractivity contribution in [1.82, 2.24) is 10.1 Å². The van der Waals surface area contributed by atoms with E-state index in [1.807, 2.05) is 0 Å². The fourth-order valence-electron chi connectivity index (χ4n) is 1.15. The van der Waals surface area contributed by atoms with E-state index in [-0.39, 0.29) is 0 Å². The smallest absolute Gasteiger partial charge is 0.256 e. The number of aromatic nitrogens is 2. The van der Waals surface area contributed by atoms with Gasteiger partial charge in [-0.1, -0.05) is 5.16 Å². The van der Waals surface area contributed by atoms with Crippen molar-refractivity contribution in [2.24, 2.45) is 0 Å². The largest absolute Gasteiger partial charge is 0.501 e. The Bertz CT molecular complexity index is 304. The van der Waals surface area contributed by atoms with E-state index in [0.29, 0.717) is 11.7 Å². The maximum absolute atomic E-state index is 5.16. The summed E-state index contributed by atoms with van der Waals surface area (Å²) in [6, 6.07) is 0. The Labute approximate surface area is 70.2 Å². The molecule has 0 aliphatic carbocycles. The van der Waals surface area contributed by atoms with Crippen molar-refractivity contribution in [3.8, 4) is 0 Å². The van der Waals surface area contributed by atoms with E-state index in [0.717, 1.165) is 25.0 Å². The molecule has 1 aromatic rings. The number of hydrogen-bond acceptors (Lipinski definition) is 4. The molecule has 1 aliphatic rings. The number of rotatable bonds is 1. The van der Waals surface area contributed by atoms with Crippen molar-refractivity contribution >= 4 is 5.57 Å². The predicted molar refractivity (Wildman–Crippen MR) is 42.2 cm³/mol. The molecule has 0 unspecified atom stereocenters. The second-order valence-electron chi connectivity index (χ2n) is 2.76. The van der Waals surface area contributed by atoms with E-state index < -0.39 is 0 Å². The minimum Gasteiger partial charge on any atom is -0.501 e. The Morgan fingerprint density at radius 3 is 3.00 bits per heavy atom. The van der Waals surface area contributed by atoms with Gasteiger partial charge in [0.1, 0.15) is 0 Å². The van der Waals surface area contributed by atoms with Crippen LogP contribution in [0.15, 0.2) is 10.8 Å². The third-order valence-corrected chi connectivity index (χ3v) is 1.74. The molecule has 1 aromatic heterocycles. The van der Waals surface area contributed by atoms with Gasteiger partial charge in [0.25, 0.3) is 5.89 Å². The monoisotopic (exact) mass is 166 g/mol. The lowest BCUT2D eigenvalue weighted by molar-refractivity contribution is 0.233. The highest BCUT2D eigenvalue weighted by atomic mass is 16.5. The van der Waals surface area contributed by atoms with Gasteiger partial charge in [-0.05, 0) is 19.8 Å². The fourth-order valence-corrected chi connectivity index (χ4v) is 1.15. The maximum Gasteiger partial charge on any atom is 0.256 e. The van der Waals surface area contributed by atoms with E-state index in [4.69, 9.17) is 9.26 Å². The van der Waals surface area contributed by atoms with Crippen LogP contribution in [0.1, 0.15) is 24.6 Å². The summed E-state index contributed by atoms with van der Waals surface area (Å²) in [5, 5.41) is 3.71. The van der Waals surface area contributed by atoms with Gasteiger partial charge in [-0.2, -0.15) is 4.98 Å². The number of nitrogens with zero attached hydrogens (tertiary/aromatic N) is 2. The first-order valence-corrected chi connectivity index (χ1v) is 3.97. The van der Waals surface area contributed by atoms with Gasteiger partial charge < -0.3 is 9.26 Å². The highest BCUT2D eigenvalue weighted by Gasteiger charge is 2.12. The SMILES string of the molecule is Cc1noc(C2=COCCC2)n1. The van der Waals surface area contributed by atoms with Gasteiger partial charge in [-0.15, -0.1) is 0 Å². The first-order chi connectivity index (χ1) is 5.86. The van der Waals surface area contributed by atoms with E-state index >= 15 is 0 Å². The Balaban J connectivity index is 2.23. The van der Waals surface area contributed by atoms with Gasteiger partial charge in [0.15, 0.2) is 5.82 Å². The minimum atomic E-state index is 0.590. The maximum atomic E-state index is 5.16. The average Bonchev–Trinajstić information content (AvgIpc) is 2.54. The molecule has 12 heavy (non-hydrogen) atoms. The quantitative estimate of drug-likeness (QED) is 0.634. The zero-order chi connectivity index (χ0) is 8.39. The summed E-state index contributed by atoms with van der Waals surface area (Å²) >= 11 is 0. The van der Waals surface area contributed by atoms with Gasteiger partial charge >= 0.3 is 0 Å². The van der Waals surface area contributed by atoms with Gasteiger partial charge in [0.05, 0.1) is 18.4 Å². The normalized spacial score (nSPS) is 16.9. The van der Waals surface area contributed by atoms with Crippen LogP contribution in [0.25, 0.3) is 5.57 Å². The number of ether oxygens (including phenoxy) is 1. The Kier molecular flexibility index (Phi) is 1.81. The topological polar surface area (TPSA) is 48.2 Å². The highest BCUT2D eigenvalue weighted by Crippen LogP contribution is 2.21. The molecule has 0 saturated heterocycles. The van der Waals surface area contributed by atoms with Crippen LogP contribution in [-0.2, 0) is 4.74 Å². The van der Waals surface area contributed by atoms with Crippen molar-refractivity contribution in [2.45, 2.75) is 19.8 Å². The summed E-state index contributed by atoms with van der Waals surface area (Å²) in [6.07, 6.45) is 3.69. The summed E-state index contributed by atoms with van der Waals surface area (Å²) in [4.78, 5) is 4.11. The molecule has 2 heterocycles. The average molecular weight is 166 g/mol. The summed E-state index contributed by atoms with van der Waals surface area (Å²) in [5.74, 6) is 1.25. The highest BCUT2D eigenvalue weighted by molar-refractivity contribution is 5.57. The minimum absolute atomic E-state index is 0.590. The molecule has 0 saturated carbocycles. The van der Waals surface area contributed by atoms with Gasteiger partial charge in [0, 0.05) is 0 Å². The molecule has 2 rings (SSSR count). The molecule has 64 valence electrons. The molecule has 0 amide bonds. The van der Waals surface area contributed by atoms with Crippen LogP contribution in [0.2, 0.25) is 0 Å². The van der Waals surface area contributed by atoms with E-state index in [1.165, 1.54) is 0 Å². The molecule has 4 nitrogen and oxygen atoms in total. The van der Waals surface area contributed by atoms with E-state index in [2.05, 4.69) is 10.1 Å². The summed E-state index contributed by atoms with van der Waals surface area (Å²) in [6.45, 7) is 2.59. The lowest BCUT2D eigenvalue weighted by Gasteiger charge is -2.09. The third kappa shape index (κ3) is 1.32. The molecule has 0 radical (unpaired) electrons. The van der Waals surface area contributed by atoms with Crippen LogP contribution in [-0.4, -0.2) is 16.7 Å². The standard InChI is InChI=1S/C8H10N2O2/c1-6-9-8(12-10-6)7-3-2-4-11-5-7/h5H,2-4H2,1H3. The van der Waals surface area contributed by atoms with E-state index in [9.17, 15) is 0 Å². The molecule has 1 aliphatic heterocycles. The van der Waals surface area contributed by atoms with Crippen molar-refractivity contribution in [1.29, 1.82) is 0 Å². The lowest BCUT2D eigenvalue weighted by atomic mass is 10.1. The van der Waals surface area contributed by atoms with Crippen LogP contribution >= 0.6 is 0 Å². The van der Waals surface area contributed by atoms with Crippen LogP contribution < -0.4 is 0 Å². The van der Waals surface area contributed by atoms with Crippen molar-refractivity contribution in [3.63, 3.8) is 0 Å². The molecule has 0 N–H and O–H groups in total. The van der Waals surface area contributed by atoms with Crippen LogP contribution in [0.3, 0.4) is 0 Å². The molecule has 0 bridgehead atoms. The number of aryl methyl sites for hydroxylation is 1. The lowest BCUT2D eigenvalue weighted by Crippen LogP contribution is -1.98. The Morgan fingerprint density at radius 2 is 2.42 bits per heavy atom. The van der Waals surface area contributed by atoms with Crippen molar-refractivity contribution < 1.29 is 9.26 Å². The van der Waals surface area contributed by atoms with Crippen LogP contribution in [0.5, 0.6) is 0 Å². The van der Waals surface area contributed by atoms with Gasteiger partial charge in [-0.25, -0.2) is 0 Å². The van der Waals surface area contributed by atoms with Crippen molar-refractivity contribution in [3.05, 3.63) is 18.0 Å². The van der Waals surface area contributed by atoms with Crippen molar-refractivity contribution in [2.75, 3.05) is 6.61 Å². The zero-order valence-corrected chi connectivity index (χ0v) is 6.91. The van der Waals surface area contributed by atoms with Gasteiger partial charge in [0.2, 0.25) is 0 Å². The molecule has 0 aromatic carbocycles. The van der Waals surface area contributed by atoms with Crippen LogP contribution in [0, 0.1) is 6.92 Å². The summed E-state index contributed by atoms with van der Waals surface area (Å²) in [7, 11) is 0. The molecular weight excluding hydrogens is 156 g/mol. The number of hydrogen-bond donors (Lipinski definition) is 0. The molecule has 0 spiro atoms.